The Bertz CT molecular complexity index is 2100. The molecule has 2 aliphatic rings. The Kier molecular flexibility index (Phi) is 13.3. The molecule has 1 unspecified atom stereocenters. The number of amides is 2. The maximum absolute atomic E-state index is 13.8. The summed E-state index contributed by atoms with van der Waals surface area (Å²) in [5.74, 6) is 2.98. The third kappa shape index (κ3) is 9.85. The van der Waals surface area contributed by atoms with Crippen molar-refractivity contribution in [3.63, 3.8) is 0 Å². The zero-order valence-corrected chi connectivity index (χ0v) is 34.0. The Hall–Kier alpha value is -5.63. The highest BCUT2D eigenvalue weighted by molar-refractivity contribution is 5.89. The second kappa shape index (κ2) is 18.5. The fourth-order valence-electron chi connectivity index (χ4n) is 7.59. The zero-order chi connectivity index (χ0) is 40.5. The van der Waals surface area contributed by atoms with Crippen LogP contribution in [0.2, 0.25) is 0 Å². The number of aromatic nitrogens is 5. The lowest BCUT2D eigenvalue weighted by molar-refractivity contribution is -0.122. The SMILES string of the molecule is CCN(CC)CCOc1cccc(-n2nc(C(C)(C)C)cc2NC(=O)N[C@H]2CC[C@@H](Oc3ccc4nnc(N5CCCCC5C)n4c3)c3ccccc32)c1.O=CO. The maximum Gasteiger partial charge on any atom is 0.320 e. The maximum atomic E-state index is 13.8. The average Bonchev–Trinajstić information content (AvgIpc) is 3.83. The number of nitrogens with zero attached hydrogens (tertiary/aromatic N) is 7. The first-order chi connectivity index (χ1) is 27.5. The summed E-state index contributed by atoms with van der Waals surface area (Å²) in [6.45, 7) is 17.1. The number of nitrogens with one attached hydrogen (secondary N) is 2. The van der Waals surface area contributed by atoms with Crippen molar-refractivity contribution in [3.05, 3.63) is 89.7 Å². The standard InChI is InChI=1S/C42H55N9O3.CH2O2/c1-7-48(8-2)24-25-53-31-16-13-15-30(26-31)51-39(27-37(47-51)42(4,5)6)44-40(52)43-35-20-21-36(34-18-10-9-17-33(34)35)54-32-19-22-38-45-46-41(50(38)28-32)49-23-12-11-14-29(49)3;2-1-3/h9-10,13,15-19,22,26-29,35-36H,7-8,11-12,14,20-21,23-25H2,1-6H3,(H2,43,44,52);1H,(H,2,3)/t29?,35-,36+;/m0./s1. The Morgan fingerprint density at radius 3 is 2.47 bits per heavy atom. The van der Waals surface area contributed by atoms with Gasteiger partial charge in [-0.15, -0.1) is 10.2 Å². The Morgan fingerprint density at radius 2 is 1.74 bits per heavy atom. The molecule has 1 saturated heterocycles. The van der Waals surface area contributed by atoms with Crippen LogP contribution in [-0.4, -0.2) is 85.7 Å². The predicted molar refractivity (Wildman–Crippen MR) is 222 cm³/mol. The van der Waals surface area contributed by atoms with Gasteiger partial charge in [0, 0.05) is 36.7 Å². The van der Waals surface area contributed by atoms with Crippen LogP contribution in [0, 0.1) is 0 Å². The second-order valence-corrected chi connectivity index (χ2v) is 15.6. The van der Waals surface area contributed by atoms with E-state index < -0.39 is 0 Å². The number of carboxylic acid groups (broad SMARTS) is 1. The van der Waals surface area contributed by atoms with Gasteiger partial charge in [0.1, 0.15) is 30.0 Å². The van der Waals surface area contributed by atoms with Crippen molar-refractivity contribution in [2.24, 2.45) is 0 Å². The summed E-state index contributed by atoms with van der Waals surface area (Å²) >= 11 is 0. The Labute approximate surface area is 335 Å². The van der Waals surface area contributed by atoms with Crippen LogP contribution in [-0.2, 0) is 10.2 Å². The monoisotopic (exact) mass is 779 g/mol. The minimum atomic E-state index is -0.292. The highest BCUT2D eigenvalue weighted by atomic mass is 16.5. The van der Waals surface area contributed by atoms with E-state index >= 15 is 0 Å². The molecular weight excluding hydrogens is 723 g/mol. The normalized spacial score (nSPS) is 18.0. The van der Waals surface area contributed by atoms with E-state index in [1.165, 1.54) is 6.42 Å². The molecule has 3 aromatic heterocycles. The number of rotatable bonds is 12. The van der Waals surface area contributed by atoms with Crippen LogP contribution < -0.4 is 25.0 Å². The lowest BCUT2D eigenvalue weighted by Crippen LogP contribution is -2.38. The predicted octanol–water partition coefficient (Wildman–Crippen LogP) is 7.79. The Balaban J connectivity index is 0.00000177. The minimum absolute atomic E-state index is 0.161. The lowest BCUT2D eigenvalue weighted by atomic mass is 9.85. The van der Waals surface area contributed by atoms with Crippen LogP contribution in [0.25, 0.3) is 11.3 Å². The number of likely N-dealkylation sites (N-methyl/N-ethyl adjacent to an activating group) is 1. The fourth-order valence-corrected chi connectivity index (χ4v) is 7.59. The quantitative estimate of drug-likeness (QED) is 0.107. The number of anilines is 2. The summed E-state index contributed by atoms with van der Waals surface area (Å²) in [5.41, 5.74) is 4.38. The van der Waals surface area contributed by atoms with E-state index in [1.807, 2.05) is 65.2 Å². The molecule has 1 aliphatic carbocycles. The summed E-state index contributed by atoms with van der Waals surface area (Å²) in [4.78, 5) is 26.8. The zero-order valence-electron chi connectivity index (χ0n) is 34.0. The van der Waals surface area contributed by atoms with Crippen LogP contribution in [0.3, 0.4) is 0 Å². The number of ether oxygens (including phenoxy) is 2. The van der Waals surface area contributed by atoms with E-state index in [1.54, 1.807) is 4.68 Å². The lowest BCUT2D eigenvalue weighted by Gasteiger charge is -2.33. The van der Waals surface area contributed by atoms with Crippen molar-refractivity contribution in [3.8, 4) is 17.2 Å². The molecule has 0 spiro atoms. The number of hydrogen-bond donors (Lipinski definition) is 3. The number of piperidine rings is 1. The molecule has 3 atom stereocenters. The van der Waals surface area contributed by atoms with Gasteiger partial charge in [-0.1, -0.05) is 65.0 Å². The number of carbonyl (C=O) groups excluding carboxylic acids is 1. The molecule has 2 aromatic carbocycles. The van der Waals surface area contributed by atoms with Crippen LogP contribution >= 0.6 is 0 Å². The molecule has 0 bridgehead atoms. The largest absolute Gasteiger partial charge is 0.492 e. The van der Waals surface area contributed by atoms with Gasteiger partial charge in [0.2, 0.25) is 5.95 Å². The summed E-state index contributed by atoms with van der Waals surface area (Å²) in [5, 5.41) is 27.2. The van der Waals surface area contributed by atoms with E-state index in [0.717, 1.165) is 97.5 Å². The van der Waals surface area contributed by atoms with Crippen molar-refractivity contribution >= 4 is 29.9 Å². The van der Waals surface area contributed by atoms with Crippen molar-refractivity contribution in [2.45, 2.75) is 97.2 Å². The minimum Gasteiger partial charge on any atom is -0.492 e. The molecule has 2 amide bonds. The first-order valence-electron chi connectivity index (χ1n) is 20.1. The summed E-state index contributed by atoms with van der Waals surface area (Å²) in [7, 11) is 0. The second-order valence-electron chi connectivity index (χ2n) is 15.6. The fraction of sp³-hybridized carbons (Fsp3) is 0.465. The van der Waals surface area contributed by atoms with Gasteiger partial charge >= 0.3 is 6.03 Å². The van der Waals surface area contributed by atoms with Gasteiger partial charge in [0.05, 0.1) is 23.6 Å². The van der Waals surface area contributed by atoms with Crippen LogP contribution in [0.1, 0.15) is 103 Å². The van der Waals surface area contributed by atoms with E-state index in [4.69, 9.17) is 24.5 Å². The molecule has 0 saturated carbocycles. The molecule has 1 aliphatic heterocycles. The van der Waals surface area contributed by atoms with Gasteiger partial charge in [0.25, 0.3) is 6.47 Å². The number of urea groups is 1. The van der Waals surface area contributed by atoms with E-state index in [2.05, 4.69) is 84.3 Å². The van der Waals surface area contributed by atoms with Crippen molar-refractivity contribution in [1.29, 1.82) is 0 Å². The molecular formula is C43H57N9O5. The molecule has 5 aromatic rings. The van der Waals surface area contributed by atoms with Crippen molar-refractivity contribution in [2.75, 3.05) is 43.0 Å². The van der Waals surface area contributed by atoms with Gasteiger partial charge in [-0.2, -0.15) is 5.10 Å². The Morgan fingerprint density at radius 1 is 0.965 bits per heavy atom. The van der Waals surface area contributed by atoms with E-state index in [-0.39, 0.29) is 30.1 Å². The van der Waals surface area contributed by atoms with Crippen LogP contribution in [0.4, 0.5) is 16.6 Å². The van der Waals surface area contributed by atoms with Gasteiger partial charge in [0.15, 0.2) is 5.65 Å². The van der Waals surface area contributed by atoms with Gasteiger partial charge in [-0.05, 0) is 87.5 Å². The number of carbonyl (C=O) groups is 2. The van der Waals surface area contributed by atoms with E-state index in [0.29, 0.717) is 18.5 Å². The van der Waals surface area contributed by atoms with E-state index in [9.17, 15) is 4.79 Å². The van der Waals surface area contributed by atoms with Crippen molar-refractivity contribution in [1.82, 2.24) is 34.6 Å². The summed E-state index contributed by atoms with van der Waals surface area (Å²) in [6, 6.07) is 21.9. The summed E-state index contributed by atoms with van der Waals surface area (Å²) < 4.78 is 16.7. The number of fused-ring (bicyclic) bond motifs is 2. The third-order valence-electron chi connectivity index (χ3n) is 10.8. The molecule has 4 heterocycles. The van der Waals surface area contributed by atoms with Crippen molar-refractivity contribution < 1.29 is 24.2 Å². The molecule has 1 fully saturated rings. The van der Waals surface area contributed by atoms with Gasteiger partial charge in [-0.25, -0.2) is 9.48 Å². The van der Waals surface area contributed by atoms with Crippen LogP contribution in [0.5, 0.6) is 11.5 Å². The number of benzene rings is 2. The molecule has 304 valence electrons. The smallest absolute Gasteiger partial charge is 0.320 e. The molecule has 0 radical (unpaired) electrons. The van der Waals surface area contributed by atoms with Gasteiger partial charge < -0.3 is 29.7 Å². The highest BCUT2D eigenvalue weighted by Crippen LogP contribution is 2.39. The molecule has 14 nitrogen and oxygen atoms in total. The summed E-state index contributed by atoms with van der Waals surface area (Å²) in [6.07, 6.45) is 6.86. The first-order valence-corrected chi connectivity index (χ1v) is 20.1. The number of pyridine rings is 1. The third-order valence-corrected chi connectivity index (χ3v) is 10.8. The van der Waals surface area contributed by atoms with Gasteiger partial charge in [-0.3, -0.25) is 14.5 Å². The molecule has 14 heteroatoms. The topological polar surface area (TPSA) is 151 Å². The first kappa shape index (κ1) is 41.0. The average molecular weight is 780 g/mol. The molecule has 7 rings (SSSR count). The van der Waals surface area contributed by atoms with Crippen LogP contribution in [0.15, 0.2) is 72.9 Å². The molecule has 3 N–H and O–H groups in total. The number of hydrogen-bond acceptors (Lipinski definition) is 9. The highest BCUT2D eigenvalue weighted by Gasteiger charge is 2.31. The molecule has 57 heavy (non-hydrogen) atoms.